The van der Waals surface area contributed by atoms with Crippen LogP contribution in [0.15, 0.2) is 11.1 Å². The lowest BCUT2D eigenvalue weighted by Gasteiger charge is -1.91. The Balaban J connectivity index is 2.29. The highest BCUT2D eigenvalue weighted by atomic mass is 14.6. The minimum atomic E-state index is 1.09. The smallest absolute Gasteiger partial charge is 0.00158 e. The summed E-state index contributed by atoms with van der Waals surface area (Å²) in [5.74, 6) is 2.22. The standard InChI is InChI=1S/C7H8/c1-4-2-6-5(1)7(6)3-4/h4-5H,1-3H2. The largest absolute Gasteiger partial charge is 0.0629 e. The van der Waals surface area contributed by atoms with Gasteiger partial charge in [0, 0.05) is 5.92 Å². The van der Waals surface area contributed by atoms with Crippen LogP contribution in [0.25, 0.3) is 0 Å². The SMILES string of the molecule is C1C2=C3CC1CC23. The van der Waals surface area contributed by atoms with Crippen LogP contribution in [-0.4, -0.2) is 0 Å². The number of hydrogen-bond acceptors (Lipinski definition) is 0. The van der Waals surface area contributed by atoms with Gasteiger partial charge in [0.1, 0.15) is 0 Å². The maximum absolute atomic E-state index is 1.87. The molecule has 0 N–H and O–H groups in total. The molecule has 0 nitrogen and oxygen atoms in total. The van der Waals surface area contributed by atoms with E-state index in [9.17, 15) is 0 Å². The highest BCUT2D eigenvalue weighted by Gasteiger charge is 2.51. The minimum absolute atomic E-state index is 1.09. The first-order valence-corrected chi connectivity index (χ1v) is 3.17. The second kappa shape index (κ2) is 0.594. The molecule has 0 aliphatic heterocycles. The van der Waals surface area contributed by atoms with Crippen LogP contribution >= 0.6 is 0 Å². The van der Waals surface area contributed by atoms with Gasteiger partial charge in [0.15, 0.2) is 0 Å². The summed E-state index contributed by atoms with van der Waals surface area (Å²) in [6, 6.07) is 0. The second-order valence-electron chi connectivity index (χ2n) is 3.11. The molecule has 0 heterocycles. The molecule has 0 atom stereocenters. The van der Waals surface area contributed by atoms with E-state index in [0.29, 0.717) is 0 Å². The van der Waals surface area contributed by atoms with E-state index in [2.05, 4.69) is 0 Å². The van der Waals surface area contributed by atoms with Gasteiger partial charge >= 0.3 is 0 Å². The zero-order chi connectivity index (χ0) is 4.43. The molecule has 2 fully saturated rings. The maximum atomic E-state index is 1.87. The Morgan fingerprint density at radius 2 is 1.86 bits per heavy atom. The van der Waals surface area contributed by atoms with E-state index in [1.54, 1.807) is 6.42 Å². The van der Waals surface area contributed by atoms with E-state index in [-0.39, 0.29) is 0 Å². The lowest BCUT2D eigenvalue weighted by molar-refractivity contribution is 0.613. The summed E-state index contributed by atoms with van der Waals surface area (Å²) in [6.07, 6.45) is 4.55. The van der Waals surface area contributed by atoms with Crippen molar-refractivity contribution < 1.29 is 0 Å². The third-order valence-electron chi connectivity index (χ3n) is 2.76. The number of allylic oxidation sites excluding steroid dienone is 2. The molecule has 0 unspecified atom stereocenters. The van der Waals surface area contributed by atoms with Crippen LogP contribution in [0.2, 0.25) is 0 Å². The predicted octanol–water partition coefficient (Wildman–Crippen LogP) is 1.73. The van der Waals surface area contributed by atoms with Crippen LogP contribution in [0.3, 0.4) is 0 Å². The summed E-state index contributed by atoms with van der Waals surface area (Å²) in [5, 5.41) is 0. The fraction of sp³-hybridized carbons (Fsp3) is 0.714. The van der Waals surface area contributed by atoms with Crippen LogP contribution in [0.1, 0.15) is 19.3 Å². The van der Waals surface area contributed by atoms with Crippen LogP contribution < -0.4 is 0 Å². The number of hydrogen-bond donors (Lipinski definition) is 0. The molecule has 0 aromatic rings. The van der Waals surface area contributed by atoms with Crippen molar-refractivity contribution in [3.8, 4) is 0 Å². The molecule has 4 aliphatic rings. The second-order valence-corrected chi connectivity index (χ2v) is 3.11. The van der Waals surface area contributed by atoms with Gasteiger partial charge in [-0.05, 0) is 25.2 Å². The van der Waals surface area contributed by atoms with E-state index >= 15 is 0 Å². The molecule has 2 saturated carbocycles. The van der Waals surface area contributed by atoms with Crippen LogP contribution in [0.5, 0.6) is 0 Å². The van der Waals surface area contributed by atoms with Crippen molar-refractivity contribution in [2.75, 3.05) is 0 Å². The Hall–Kier alpha value is -0.260. The molecule has 4 aliphatic carbocycles. The maximum Gasteiger partial charge on any atom is 0.00158 e. The van der Waals surface area contributed by atoms with Crippen molar-refractivity contribution in [1.29, 1.82) is 0 Å². The molecular weight excluding hydrogens is 84.1 g/mol. The molecule has 0 aromatic heterocycles. The molecule has 4 rings (SSSR count). The van der Waals surface area contributed by atoms with Crippen LogP contribution in [0.4, 0.5) is 0 Å². The third-order valence-corrected chi connectivity index (χ3v) is 2.76. The zero-order valence-corrected chi connectivity index (χ0v) is 4.28. The summed E-state index contributed by atoms with van der Waals surface area (Å²) in [7, 11) is 0. The topological polar surface area (TPSA) is 0 Å². The fourth-order valence-corrected chi connectivity index (χ4v) is 2.40. The van der Waals surface area contributed by atoms with Crippen LogP contribution in [-0.2, 0) is 0 Å². The van der Waals surface area contributed by atoms with Crippen molar-refractivity contribution in [1.82, 2.24) is 0 Å². The minimum Gasteiger partial charge on any atom is -0.0629 e. The molecular formula is C7H8. The Bertz CT molecular complexity index is 149. The third kappa shape index (κ3) is 0.170. The summed E-state index contributed by atoms with van der Waals surface area (Å²) in [6.45, 7) is 0. The summed E-state index contributed by atoms with van der Waals surface area (Å²) in [4.78, 5) is 0. The van der Waals surface area contributed by atoms with Crippen LogP contribution in [0, 0.1) is 11.8 Å². The molecule has 0 saturated heterocycles. The summed E-state index contributed by atoms with van der Waals surface area (Å²) >= 11 is 0. The first kappa shape index (κ1) is 2.91. The molecule has 36 valence electrons. The normalized spacial score (nSPS) is 51.4. The highest BCUT2D eigenvalue weighted by Crippen LogP contribution is 2.65. The first-order chi connectivity index (χ1) is 3.45. The van der Waals surface area contributed by atoms with E-state index in [1.807, 2.05) is 11.1 Å². The first-order valence-electron chi connectivity index (χ1n) is 3.17. The average molecular weight is 92.1 g/mol. The Morgan fingerprint density at radius 3 is 2.00 bits per heavy atom. The van der Waals surface area contributed by atoms with Gasteiger partial charge in [-0.25, -0.2) is 0 Å². The lowest BCUT2D eigenvalue weighted by atomic mass is 10.1. The molecule has 0 aromatic carbocycles. The molecule has 0 heteroatoms. The van der Waals surface area contributed by atoms with Gasteiger partial charge in [0.05, 0.1) is 0 Å². The quantitative estimate of drug-likeness (QED) is 0.399. The van der Waals surface area contributed by atoms with Gasteiger partial charge < -0.3 is 0 Å². The van der Waals surface area contributed by atoms with E-state index in [1.165, 1.54) is 12.8 Å². The molecule has 0 spiro atoms. The summed E-state index contributed by atoms with van der Waals surface area (Å²) < 4.78 is 0. The fourth-order valence-electron chi connectivity index (χ4n) is 2.40. The van der Waals surface area contributed by atoms with Gasteiger partial charge in [0.25, 0.3) is 0 Å². The van der Waals surface area contributed by atoms with E-state index in [4.69, 9.17) is 0 Å². The average Bonchev–Trinajstić information content (AvgIpc) is 2.10. The van der Waals surface area contributed by atoms with E-state index in [0.717, 1.165) is 11.8 Å². The van der Waals surface area contributed by atoms with Gasteiger partial charge in [-0.2, -0.15) is 0 Å². The van der Waals surface area contributed by atoms with Crippen molar-refractivity contribution in [3.05, 3.63) is 11.1 Å². The molecule has 4 bridgehead atoms. The molecule has 7 heavy (non-hydrogen) atoms. The highest BCUT2D eigenvalue weighted by molar-refractivity contribution is 5.50. The summed E-state index contributed by atoms with van der Waals surface area (Å²) in [5.41, 5.74) is 3.73. The van der Waals surface area contributed by atoms with Crippen molar-refractivity contribution in [2.45, 2.75) is 19.3 Å². The number of rotatable bonds is 0. The Morgan fingerprint density at radius 1 is 1.14 bits per heavy atom. The predicted molar refractivity (Wildman–Crippen MR) is 27.9 cm³/mol. The van der Waals surface area contributed by atoms with Crippen molar-refractivity contribution >= 4 is 0 Å². The lowest BCUT2D eigenvalue weighted by Crippen LogP contribution is -1.80. The van der Waals surface area contributed by atoms with Gasteiger partial charge in [0.2, 0.25) is 0 Å². The Kier molecular flexibility index (Phi) is 0.247. The van der Waals surface area contributed by atoms with Crippen molar-refractivity contribution in [2.24, 2.45) is 11.8 Å². The van der Waals surface area contributed by atoms with Crippen molar-refractivity contribution in [3.63, 3.8) is 0 Å². The molecule has 0 amide bonds. The van der Waals surface area contributed by atoms with Gasteiger partial charge in [-0.15, -0.1) is 0 Å². The molecule has 0 radical (unpaired) electrons. The Labute approximate surface area is 43.2 Å². The monoisotopic (exact) mass is 92.1 g/mol. The van der Waals surface area contributed by atoms with E-state index < -0.39 is 0 Å². The van der Waals surface area contributed by atoms with Gasteiger partial charge in [-0.3, -0.25) is 0 Å². The zero-order valence-electron chi connectivity index (χ0n) is 4.28. The van der Waals surface area contributed by atoms with Gasteiger partial charge in [-0.1, -0.05) is 11.1 Å².